The second-order valence-electron chi connectivity index (χ2n) is 7.22. The lowest BCUT2D eigenvalue weighted by Gasteiger charge is -2.26. The minimum absolute atomic E-state index is 0.346. The predicted octanol–water partition coefficient (Wildman–Crippen LogP) is 4.70. The Morgan fingerprint density at radius 2 is 1.87 bits per heavy atom. The van der Waals surface area contributed by atoms with Crippen LogP contribution in [0, 0.1) is 13.8 Å². The van der Waals surface area contributed by atoms with Crippen molar-refractivity contribution in [1.29, 1.82) is 0 Å². The molecule has 0 radical (unpaired) electrons. The Morgan fingerprint density at radius 3 is 2.58 bits per heavy atom. The molecule has 7 nitrogen and oxygen atoms in total. The van der Waals surface area contributed by atoms with Gasteiger partial charge in [0, 0.05) is 36.2 Å². The third-order valence-corrected chi connectivity index (χ3v) is 5.97. The van der Waals surface area contributed by atoms with E-state index in [2.05, 4.69) is 35.9 Å². The van der Waals surface area contributed by atoms with Crippen molar-refractivity contribution in [1.82, 2.24) is 9.99 Å². The van der Waals surface area contributed by atoms with Crippen molar-refractivity contribution < 1.29 is 13.9 Å². The first kappa shape index (κ1) is 21.7. The molecular weight excluding hydrogens is 484 g/mol. The summed E-state index contributed by atoms with van der Waals surface area (Å²) in [5.41, 5.74) is 5.88. The summed E-state index contributed by atoms with van der Waals surface area (Å²) in [5, 5.41) is 4.39. The van der Waals surface area contributed by atoms with Gasteiger partial charge in [0.15, 0.2) is 5.76 Å². The predicted molar refractivity (Wildman–Crippen MR) is 125 cm³/mol. The molecule has 0 atom stereocenters. The highest BCUT2D eigenvalue weighted by molar-refractivity contribution is 9.10. The van der Waals surface area contributed by atoms with Gasteiger partial charge in [0.05, 0.1) is 34.5 Å². The molecule has 1 aliphatic rings. The fraction of sp³-hybridized carbons (Fsp3) is 0.273. The highest BCUT2D eigenvalue weighted by atomic mass is 79.9. The van der Waals surface area contributed by atoms with E-state index in [-0.39, 0.29) is 0 Å². The van der Waals surface area contributed by atoms with Crippen LogP contribution in [-0.2, 0) is 4.74 Å². The maximum Gasteiger partial charge on any atom is 0.272 e. The Bertz CT molecular complexity index is 1110. The summed E-state index contributed by atoms with van der Waals surface area (Å²) >= 11 is 9.79. The molecular formula is C22H22BrClN4O3. The van der Waals surface area contributed by atoms with Crippen LogP contribution < -0.4 is 10.3 Å². The number of furan rings is 1. The molecule has 1 aliphatic heterocycles. The van der Waals surface area contributed by atoms with E-state index in [9.17, 15) is 4.79 Å². The molecule has 1 aromatic carbocycles. The number of aromatic nitrogens is 1. The largest absolute Gasteiger partial charge is 0.438 e. The topological polar surface area (TPSA) is 72.0 Å². The number of nitrogens with zero attached hydrogens (tertiary/aromatic N) is 3. The first-order chi connectivity index (χ1) is 14.9. The monoisotopic (exact) mass is 504 g/mol. The third-order valence-electron chi connectivity index (χ3n) is 5.07. The zero-order valence-corrected chi connectivity index (χ0v) is 19.5. The number of nitrogens with one attached hydrogen (secondary N) is 1. The van der Waals surface area contributed by atoms with Gasteiger partial charge in [-0.15, -0.1) is 0 Å². The SMILES string of the molecule is Cc1ccc(C)n1-c1ccc(Cl)c(C(=O)NN=Cc2cc(Br)c(N3CCOCC3)o2)c1. The van der Waals surface area contributed by atoms with Crippen molar-refractivity contribution in [2.45, 2.75) is 13.8 Å². The third kappa shape index (κ3) is 4.71. The molecule has 31 heavy (non-hydrogen) atoms. The Balaban J connectivity index is 1.48. The molecule has 0 bridgehead atoms. The van der Waals surface area contributed by atoms with Crippen LogP contribution in [0.2, 0.25) is 5.02 Å². The molecule has 1 amide bonds. The number of anilines is 1. The lowest BCUT2D eigenvalue weighted by molar-refractivity contribution is 0.0955. The fourth-order valence-corrected chi connectivity index (χ4v) is 4.30. The number of hydrogen-bond donors (Lipinski definition) is 1. The first-order valence-corrected chi connectivity index (χ1v) is 11.0. The molecule has 0 spiro atoms. The van der Waals surface area contributed by atoms with Gasteiger partial charge in [-0.1, -0.05) is 11.6 Å². The summed E-state index contributed by atoms with van der Waals surface area (Å²) in [6, 6.07) is 11.2. The number of carbonyl (C=O) groups excluding carboxylic acids is 1. The normalized spacial score (nSPS) is 14.4. The number of halogens is 2. The number of hydrogen-bond acceptors (Lipinski definition) is 5. The molecule has 0 saturated carbocycles. The number of amides is 1. The van der Waals surface area contributed by atoms with E-state index < -0.39 is 5.91 Å². The van der Waals surface area contributed by atoms with E-state index in [0.717, 1.165) is 40.5 Å². The molecule has 3 aromatic rings. The molecule has 0 aliphatic carbocycles. The summed E-state index contributed by atoms with van der Waals surface area (Å²) in [4.78, 5) is 14.8. The number of aryl methyl sites for hydroxylation is 2. The minimum Gasteiger partial charge on any atom is -0.438 e. The van der Waals surface area contributed by atoms with Crippen LogP contribution in [-0.4, -0.2) is 43.0 Å². The van der Waals surface area contributed by atoms with Crippen LogP contribution in [0.15, 0.2) is 50.4 Å². The van der Waals surface area contributed by atoms with Crippen molar-refractivity contribution in [2.75, 3.05) is 31.2 Å². The van der Waals surface area contributed by atoms with E-state index >= 15 is 0 Å². The highest BCUT2D eigenvalue weighted by Gasteiger charge is 2.18. The van der Waals surface area contributed by atoms with E-state index in [1.165, 1.54) is 6.21 Å². The summed E-state index contributed by atoms with van der Waals surface area (Å²) in [6.07, 6.45) is 1.46. The van der Waals surface area contributed by atoms with Crippen LogP contribution in [0.1, 0.15) is 27.5 Å². The maximum absolute atomic E-state index is 12.7. The average molecular weight is 506 g/mol. The van der Waals surface area contributed by atoms with Crippen LogP contribution in [0.3, 0.4) is 0 Å². The van der Waals surface area contributed by atoms with E-state index in [4.69, 9.17) is 20.8 Å². The quantitative estimate of drug-likeness (QED) is 0.403. The van der Waals surface area contributed by atoms with Crippen LogP contribution in [0.5, 0.6) is 0 Å². The summed E-state index contributed by atoms with van der Waals surface area (Å²) < 4.78 is 14.1. The Labute approximate surface area is 193 Å². The van der Waals surface area contributed by atoms with Gasteiger partial charge >= 0.3 is 0 Å². The average Bonchev–Trinajstić information content (AvgIpc) is 3.30. The summed E-state index contributed by atoms with van der Waals surface area (Å²) in [5.74, 6) is 0.848. The summed E-state index contributed by atoms with van der Waals surface area (Å²) in [6.45, 7) is 6.86. The van der Waals surface area contributed by atoms with Crippen molar-refractivity contribution in [3.05, 3.63) is 68.6 Å². The van der Waals surface area contributed by atoms with E-state index in [1.807, 2.05) is 38.1 Å². The smallest absolute Gasteiger partial charge is 0.272 e. The molecule has 9 heteroatoms. The van der Waals surface area contributed by atoms with Crippen molar-refractivity contribution in [3.63, 3.8) is 0 Å². The number of carbonyl (C=O) groups is 1. The number of morpholine rings is 1. The zero-order chi connectivity index (χ0) is 22.0. The second kappa shape index (κ2) is 9.30. The minimum atomic E-state index is -0.399. The standard InChI is InChI=1S/C22H22BrClN4O3/c1-14-3-4-15(2)28(14)16-5-6-20(24)18(11-16)21(29)26-25-13-17-12-19(23)22(31-17)27-7-9-30-10-8-27/h3-6,11-13H,7-10H2,1-2H3,(H,26,29). The zero-order valence-electron chi connectivity index (χ0n) is 17.2. The molecule has 1 fully saturated rings. The number of rotatable bonds is 5. The Morgan fingerprint density at radius 1 is 1.16 bits per heavy atom. The molecule has 3 heterocycles. The summed E-state index contributed by atoms with van der Waals surface area (Å²) in [7, 11) is 0. The number of ether oxygens (including phenoxy) is 1. The molecule has 162 valence electrons. The lowest BCUT2D eigenvalue weighted by Crippen LogP contribution is -2.36. The van der Waals surface area contributed by atoms with Crippen molar-refractivity contribution in [3.8, 4) is 5.69 Å². The Hall–Kier alpha value is -2.55. The van der Waals surface area contributed by atoms with Gasteiger partial charge in [0.2, 0.25) is 5.88 Å². The Kier molecular flexibility index (Phi) is 6.50. The van der Waals surface area contributed by atoms with Gasteiger partial charge in [0.25, 0.3) is 5.91 Å². The fourth-order valence-electron chi connectivity index (χ4n) is 3.54. The van der Waals surface area contributed by atoms with Crippen molar-refractivity contribution in [2.24, 2.45) is 5.10 Å². The number of benzene rings is 1. The van der Waals surface area contributed by atoms with E-state index in [1.54, 1.807) is 12.1 Å². The maximum atomic E-state index is 12.7. The van der Waals surface area contributed by atoms with Gasteiger partial charge in [-0.05, 0) is 60.1 Å². The first-order valence-electron chi connectivity index (χ1n) is 9.84. The van der Waals surface area contributed by atoms with Gasteiger partial charge in [-0.3, -0.25) is 4.79 Å². The molecule has 0 unspecified atom stereocenters. The van der Waals surface area contributed by atoms with Crippen LogP contribution in [0.25, 0.3) is 5.69 Å². The van der Waals surface area contributed by atoms with Crippen LogP contribution >= 0.6 is 27.5 Å². The highest BCUT2D eigenvalue weighted by Crippen LogP contribution is 2.30. The van der Waals surface area contributed by atoms with Crippen molar-refractivity contribution >= 4 is 45.5 Å². The molecule has 1 N–H and O–H groups in total. The number of hydrazone groups is 1. The van der Waals surface area contributed by atoms with Crippen LogP contribution in [0.4, 0.5) is 5.88 Å². The van der Waals surface area contributed by atoms with Gasteiger partial charge in [0.1, 0.15) is 0 Å². The second-order valence-corrected chi connectivity index (χ2v) is 8.48. The van der Waals surface area contributed by atoms with Gasteiger partial charge in [-0.25, -0.2) is 5.43 Å². The van der Waals surface area contributed by atoms with Gasteiger partial charge in [-0.2, -0.15) is 5.10 Å². The van der Waals surface area contributed by atoms with E-state index in [0.29, 0.717) is 29.6 Å². The van der Waals surface area contributed by atoms with Gasteiger partial charge < -0.3 is 18.6 Å². The molecule has 2 aromatic heterocycles. The molecule has 4 rings (SSSR count). The lowest BCUT2D eigenvalue weighted by atomic mass is 10.2. The molecule has 1 saturated heterocycles.